The topological polar surface area (TPSA) is 80.1 Å². The van der Waals surface area contributed by atoms with Crippen LogP contribution in [-0.2, 0) is 0 Å². The molecule has 0 bridgehead atoms. The Balaban J connectivity index is 1.52. The Labute approximate surface area is 145 Å². The van der Waals surface area contributed by atoms with Crippen LogP contribution in [0.1, 0.15) is 47.8 Å². The minimum atomic E-state index is -0.240. The number of aromatic amines is 1. The number of benzene rings is 1. The van der Waals surface area contributed by atoms with Gasteiger partial charge in [0.25, 0.3) is 5.89 Å². The number of aromatic nitrogens is 2. The first-order valence-corrected chi connectivity index (χ1v) is 8.60. The van der Waals surface area contributed by atoms with E-state index in [-0.39, 0.29) is 17.8 Å². The number of fused-ring (bicyclic) bond motifs is 1. The standard InChI is InChI=1S/C19H21N3O3/c1-24-14-5-6-17-15(10-14)16(11-21-17)12-3-2-4-13(9-12)22-18(23)19-20-7-8-25-19/h5-8,10-13,21H,2-4,9H2,1H3,(H,22,23)/t12-,13+/m1/s1. The second-order valence-corrected chi connectivity index (χ2v) is 6.53. The van der Waals surface area contributed by atoms with Gasteiger partial charge in [0.05, 0.1) is 13.3 Å². The van der Waals surface area contributed by atoms with E-state index in [2.05, 4.69) is 27.5 Å². The van der Waals surface area contributed by atoms with Crippen LogP contribution < -0.4 is 10.1 Å². The number of oxazole rings is 1. The van der Waals surface area contributed by atoms with Gasteiger partial charge >= 0.3 is 5.91 Å². The zero-order valence-corrected chi connectivity index (χ0v) is 14.1. The second kappa shape index (κ2) is 6.63. The molecule has 1 amide bonds. The molecule has 6 nitrogen and oxygen atoms in total. The first-order valence-electron chi connectivity index (χ1n) is 8.60. The lowest BCUT2D eigenvalue weighted by molar-refractivity contribution is 0.0890. The summed E-state index contributed by atoms with van der Waals surface area (Å²) in [5, 5.41) is 4.25. The fourth-order valence-corrected chi connectivity index (χ4v) is 3.77. The molecular weight excluding hydrogens is 318 g/mol. The van der Waals surface area contributed by atoms with Crippen molar-refractivity contribution < 1.29 is 13.9 Å². The number of rotatable bonds is 4. The van der Waals surface area contributed by atoms with E-state index in [1.54, 1.807) is 7.11 Å². The fourth-order valence-electron chi connectivity index (χ4n) is 3.77. The van der Waals surface area contributed by atoms with Crippen molar-refractivity contribution in [1.82, 2.24) is 15.3 Å². The smallest absolute Gasteiger partial charge is 0.307 e. The van der Waals surface area contributed by atoms with Crippen molar-refractivity contribution >= 4 is 16.8 Å². The maximum atomic E-state index is 12.2. The molecule has 1 aliphatic carbocycles. The zero-order chi connectivity index (χ0) is 17.2. The third kappa shape index (κ3) is 3.12. The summed E-state index contributed by atoms with van der Waals surface area (Å²) in [5.74, 6) is 1.15. The van der Waals surface area contributed by atoms with Crippen molar-refractivity contribution in [3.8, 4) is 5.75 Å². The Hall–Kier alpha value is -2.76. The van der Waals surface area contributed by atoms with Crippen LogP contribution in [0.5, 0.6) is 5.75 Å². The number of ether oxygens (including phenoxy) is 1. The molecule has 0 unspecified atom stereocenters. The van der Waals surface area contributed by atoms with E-state index in [1.165, 1.54) is 23.4 Å². The average molecular weight is 339 g/mol. The number of methoxy groups -OCH3 is 1. The Morgan fingerprint density at radius 1 is 1.40 bits per heavy atom. The highest BCUT2D eigenvalue weighted by Gasteiger charge is 2.27. The van der Waals surface area contributed by atoms with Crippen LogP contribution in [-0.4, -0.2) is 29.0 Å². The second-order valence-electron chi connectivity index (χ2n) is 6.53. The van der Waals surface area contributed by atoms with E-state index in [0.717, 1.165) is 36.9 Å². The van der Waals surface area contributed by atoms with Crippen LogP contribution in [0.25, 0.3) is 10.9 Å². The Bertz CT molecular complexity index is 869. The van der Waals surface area contributed by atoms with Gasteiger partial charge in [0.1, 0.15) is 12.0 Å². The maximum absolute atomic E-state index is 12.2. The average Bonchev–Trinajstić information content (AvgIpc) is 3.31. The highest BCUT2D eigenvalue weighted by atomic mass is 16.5. The number of hydrogen-bond donors (Lipinski definition) is 2. The molecule has 0 saturated heterocycles. The summed E-state index contributed by atoms with van der Waals surface area (Å²) in [5.41, 5.74) is 2.41. The number of amides is 1. The highest BCUT2D eigenvalue weighted by Crippen LogP contribution is 2.37. The molecule has 25 heavy (non-hydrogen) atoms. The zero-order valence-electron chi connectivity index (χ0n) is 14.1. The van der Waals surface area contributed by atoms with Gasteiger partial charge in [-0.15, -0.1) is 0 Å². The van der Waals surface area contributed by atoms with Gasteiger partial charge in [0.15, 0.2) is 0 Å². The van der Waals surface area contributed by atoms with Crippen LogP contribution in [0.4, 0.5) is 0 Å². The van der Waals surface area contributed by atoms with Crippen LogP contribution >= 0.6 is 0 Å². The molecule has 0 radical (unpaired) electrons. The van der Waals surface area contributed by atoms with Gasteiger partial charge in [-0.05, 0) is 48.9 Å². The van der Waals surface area contributed by atoms with Crippen LogP contribution in [0.2, 0.25) is 0 Å². The van der Waals surface area contributed by atoms with Crippen molar-refractivity contribution in [3.05, 3.63) is 48.3 Å². The highest BCUT2D eigenvalue weighted by molar-refractivity contribution is 5.89. The molecule has 1 fully saturated rings. The molecule has 0 aliphatic heterocycles. The van der Waals surface area contributed by atoms with Crippen LogP contribution in [0, 0.1) is 0 Å². The normalized spacial score (nSPS) is 20.5. The van der Waals surface area contributed by atoms with Gasteiger partial charge in [-0.2, -0.15) is 0 Å². The van der Waals surface area contributed by atoms with Crippen LogP contribution in [0.15, 0.2) is 41.3 Å². The van der Waals surface area contributed by atoms with Gasteiger partial charge in [0, 0.05) is 23.1 Å². The molecule has 1 aliphatic rings. The summed E-state index contributed by atoms with van der Waals surface area (Å²) in [4.78, 5) is 19.4. The molecule has 2 heterocycles. The van der Waals surface area contributed by atoms with Crippen molar-refractivity contribution in [3.63, 3.8) is 0 Å². The van der Waals surface area contributed by atoms with E-state index in [1.807, 2.05) is 12.1 Å². The molecule has 6 heteroatoms. The molecule has 2 atom stereocenters. The number of nitrogens with one attached hydrogen (secondary N) is 2. The van der Waals surface area contributed by atoms with Gasteiger partial charge in [-0.25, -0.2) is 4.98 Å². The Kier molecular flexibility index (Phi) is 4.17. The van der Waals surface area contributed by atoms with E-state index in [4.69, 9.17) is 9.15 Å². The SMILES string of the molecule is COc1ccc2[nH]cc([C@@H]3CCC[C@H](NC(=O)c4ncco4)C3)c2c1. The lowest BCUT2D eigenvalue weighted by Gasteiger charge is -2.29. The third-order valence-corrected chi connectivity index (χ3v) is 5.00. The first kappa shape index (κ1) is 15.7. The molecule has 2 aromatic heterocycles. The van der Waals surface area contributed by atoms with Crippen molar-refractivity contribution in [2.45, 2.75) is 37.6 Å². The van der Waals surface area contributed by atoms with E-state index in [0.29, 0.717) is 5.92 Å². The van der Waals surface area contributed by atoms with E-state index >= 15 is 0 Å². The Morgan fingerprint density at radius 3 is 3.12 bits per heavy atom. The van der Waals surface area contributed by atoms with Crippen molar-refractivity contribution in [1.29, 1.82) is 0 Å². The number of carbonyl (C=O) groups is 1. The summed E-state index contributed by atoms with van der Waals surface area (Å²) in [6.45, 7) is 0. The molecule has 0 spiro atoms. The monoisotopic (exact) mass is 339 g/mol. The summed E-state index contributed by atoms with van der Waals surface area (Å²) in [7, 11) is 1.68. The van der Waals surface area contributed by atoms with Crippen LogP contribution in [0.3, 0.4) is 0 Å². The quantitative estimate of drug-likeness (QED) is 0.761. The minimum Gasteiger partial charge on any atom is -0.497 e. The molecule has 130 valence electrons. The molecule has 1 aromatic carbocycles. The van der Waals surface area contributed by atoms with Gasteiger partial charge in [-0.1, -0.05) is 6.42 Å². The number of H-pyrrole nitrogens is 1. The Morgan fingerprint density at radius 2 is 2.32 bits per heavy atom. The van der Waals surface area contributed by atoms with Crippen molar-refractivity contribution in [2.75, 3.05) is 7.11 Å². The molecule has 1 saturated carbocycles. The fraction of sp³-hybridized carbons (Fsp3) is 0.368. The number of carbonyl (C=O) groups excluding carboxylic acids is 1. The lowest BCUT2D eigenvalue weighted by atomic mass is 9.81. The molecule has 4 rings (SSSR count). The maximum Gasteiger partial charge on any atom is 0.307 e. The van der Waals surface area contributed by atoms with Gasteiger partial charge in [-0.3, -0.25) is 4.79 Å². The third-order valence-electron chi connectivity index (χ3n) is 5.00. The summed E-state index contributed by atoms with van der Waals surface area (Å²) in [6, 6.07) is 6.22. The summed E-state index contributed by atoms with van der Waals surface area (Å²) in [6.07, 6.45) is 9.08. The first-order chi connectivity index (χ1) is 12.2. The lowest BCUT2D eigenvalue weighted by Crippen LogP contribution is -2.38. The predicted molar refractivity (Wildman–Crippen MR) is 93.8 cm³/mol. The van der Waals surface area contributed by atoms with Gasteiger partial charge < -0.3 is 19.5 Å². The van der Waals surface area contributed by atoms with E-state index < -0.39 is 0 Å². The summed E-state index contributed by atoms with van der Waals surface area (Å²) >= 11 is 0. The summed E-state index contributed by atoms with van der Waals surface area (Å²) < 4.78 is 10.4. The molecular formula is C19H21N3O3. The van der Waals surface area contributed by atoms with E-state index in [9.17, 15) is 4.79 Å². The van der Waals surface area contributed by atoms with Crippen molar-refractivity contribution in [2.24, 2.45) is 0 Å². The largest absolute Gasteiger partial charge is 0.497 e. The van der Waals surface area contributed by atoms with Gasteiger partial charge in [0.2, 0.25) is 0 Å². The number of nitrogens with zero attached hydrogens (tertiary/aromatic N) is 1. The predicted octanol–water partition coefficient (Wildman–Crippen LogP) is 3.62. The molecule has 3 aromatic rings. The molecule has 2 N–H and O–H groups in total. The minimum absolute atomic E-state index is 0.124. The number of hydrogen-bond acceptors (Lipinski definition) is 4.